The molecule has 0 aromatic carbocycles. The second kappa shape index (κ2) is 7.06. The van der Waals surface area contributed by atoms with Crippen LogP contribution in [0.5, 0.6) is 0 Å². The monoisotopic (exact) mass is 349 g/mol. The molecule has 7 nitrogen and oxygen atoms in total. The summed E-state index contributed by atoms with van der Waals surface area (Å²) >= 11 is 0. The second-order valence-corrected chi connectivity index (χ2v) is 8.73. The summed E-state index contributed by atoms with van der Waals surface area (Å²) in [5, 5.41) is 12.6. The molecule has 1 unspecified atom stereocenters. The fourth-order valence-electron chi connectivity index (χ4n) is 2.49. The Morgan fingerprint density at radius 2 is 1.92 bits per heavy atom. The van der Waals surface area contributed by atoms with Gasteiger partial charge in [-0.3, -0.25) is 9.48 Å². The molecule has 25 heavy (non-hydrogen) atoms. The van der Waals surface area contributed by atoms with Crippen LogP contribution in [0.4, 0.5) is 10.5 Å². The third kappa shape index (κ3) is 5.76. The van der Waals surface area contributed by atoms with E-state index in [9.17, 15) is 9.59 Å². The van der Waals surface area contributed by atoms with Gasteiger partial charge in [-0.1, -0.05) is 20.8 Å². The highest BCUT2D eigenvalue weighted by molar-refractivity contribution is 5.95. The number of carbonyl (C=O) groups is 2. The maximum atomic E-state index is 12.3. The molecule has 1 heterocycles. The second-order valence-electron chi connectivity index (χ2n) is 8.73. The van der Waals surface area contributed by atoms with Crippen molar-refractivity contribution in [3.05, 3.63) is 12.4 Å². The van der Waals surface area contributed by atoms with Crippen LogP contribution in [0.1, 0.15) is 60.4 Å². The van der Waals surface area contributed by atoms with Gasteiger partial charge >= 0.3 is 6.03 Å². The molecule has 0 spiro atoms. The van der Waals surface area contributed by atoms with Crippen LogP contribution < -0.4 is 16.0 Å². The molecule has 0 bridgehead atoms. The number of nitrogens with one attached hydrogen (secondary N) is 3. The van der Waals surface area contributed by atoms with Gasteiger partial charge in [0.25, 0.3) is 0 Å². The standard InChI is InChI=1S/C18H31N5O2/c1-12(13-7-8-13)23-10-14(9-20-23)21-16(25)22-18(5,6)15(24)19-11-17(2,3)4/h9-10,12-13H,7-8,11H2,1-6H3,(H,19,24)(H2,21,22,25). The number of hydrogen-bond acceptors (Lipinski definition) is 3. The van der Waals surface area contributed by atoms with Gasteiger partial charge in [0, 0.05) is 12.7 Å². The lowest BCUT2D eigenvalue weighted by molar-refractivity contribution is -0.126. The highest BCUT2D eigenvalue weighted by Gasteiger charge is 2.31. The largest absolute Gasteiger partial charge is 0.354 e. The highest BCUT2D eigenvalue weighted by Crippen LogP contribution is 2.39. The Labute approximate surface area is 149 Å². The fraction of sp³-hybridized carbons (Fsp3) is 0.722. The molecule has 2 rings (SSSR count). The minimum Gasteiger partial charge on any atom is -0.354 e. The number of rotatable bonds is 6. The minimum atomic E-state index is -1.01. The summed E-state index contributed by atoms with van der Waals surface area (Å²) in [5.41, 5.74) is -0.399. The molecule has 0 radical (unpaired) electrons. The SMILES string of the molecule is CC(C1CC1)n1cc(NC(=O)NC(C)(C)C(=O)NCC(C)(C)C)cn1. The van der Waals surface area contributed by atoms with E-state index >= 15 is 0 Å². The van der Waals surface area contributed by atoms with Gasteiger partial charge in [-0.15, -0.1) is 0 Å². The Morgan fingerprint density at radius 1 is 1.28 bits per heavy atom. The van der Waals surface area contributed by atoms with E-state index in [1.54, 1.807) is 20.0 Å². The van der Waals surface area contributed by atoms with Crippen LogP contribution in [0.3, 0.4) is 0 Å². The molecule has 1 atom stereocenters. The van der Waals surface area contributed by atoms with Crippen molar-refractivity contribution in [2.45, 2.75) is 66.0 Å². The summed E-state index contributed by atoms with van der Waals surface area (Å²) in [6.45, 7) is 12.2. The van der Waals surface area contributed by atoms with Crippen molar-refractivity contribution in [2.75, 3.05) is 11.9 Å². The van der Waals surface area contributed by atoms with Crippen molar-refractivity contribution in [1.82, 2.24) is 20.4 Å². The molecule has 1 aromatic rings. The first-order chi connectivity index (χ1) is 11.5. The van der Waals surface area contributed by atoms with Gasteiger partial charge in [0.2, 0.25) is 5.91 Å². The number of amides is 3. The van der Waals surface area contributed by atoms with Gasteiger partial charge in [0.05, 0.1) is 17.9 Å². The summed E-state index contributed by atoms with van der Waals surface area (Å²) in [5.74, 6) is 0.475. The molecule has 7 heteroatoms. The predicted octanol–water partition coefficient (Wildman–Crippen LogP) is 2.92. The zero-order valence-corrected chi connectivity index (χ0v) is 16.1. The van der Waals surface area contributed by atoms with Gasteiger partial charge < -0.3 is 16.0 Å². The average Bonchev–Trinajstić information content (AvgIpc) is 3.22. The average molecular weight is 349 g/mol. The Bertz CT molecular complexity index is 626. The molecule has 1 saturated carbocycles. The summed E-state index contributed by atoms with van der Waals surface area (Å²) in [6.07, 6.45) is 5.94. The number of hydrogen-bond donors (Lipinski definition) is 3. The smallest absolute Gasteiger partial charge is 0.320 e. The normalized spacial score (nSPS) is 16.2. The minimum absolute atomic E-state index is 0.0131. The molecule has 3 N–H and O–H groups in total. The van der Waals surface area contributed by atoms with E-state index in [1.807, 2.05) is 31.6 Å². The van der Waals surface area contributed by atoms with Crippen molar-refractivity contribution >= 4 is 17.6 Å². The number of anilines is 1. The van der Waals surface area contributed by atoms with E-state index in [1.165, 1.54) is 12.8 Å². The van der Waals surface area contributed by atoms with E-state index in [-0.39, 0.29) is 11.3 Å². The van der Waals surface area contributed by atoms with Gasteiger partial charge in [-0.2, -0.15) is 5.10 Å². The van der Waals surface area contributed by atoms with Crippen LogP contribution in [0.15, 0.2) is 12.4 Å². The molecular formula is C18H31N5O2. The van der Waals surface area contributed by atoms with E-state index in [0.29, 0.717) is 24.2 Å². The summed E-state index contributed by atoms with van der Waals surface area (Å²) in [6, 6.07) is -0.0761. The Morgan fingerprint density at radius 3 is 2.48 bits per heavy atom. The molecule has 0 aliphatic heterocycles. The van der Waals surface area contributed by atoms with Gasteiger partial charge in [0.15, 0.2) is 0 Å². The topological polar surface area (TPSA) is 88.0 Å². The maximum absolute atomic E-state index is 12.3. The van der Waals surface area contributed by atoms with Crippen molar-refractivity contribution < 1.29 is 9.59 Å². The van der Waals surface area contributed by atoms with Crippen LogP contribution in [-0.2, 0) is 4.79 Å². The molecule has 1 aromatic heterocycles. The first-order valence-electron chi connectivity index (χ1n) is 8.89. The van der Waals surface area contributed by atoms with Crippen molar-refractivity contribution in [3.63, 3.8) is 0 Å². The van der Waals surface area contributed by atoms with Crippen LogP contribution >= 0.6 is 0 Å². The summed E-state index contributed by atoms with van der Waals surface area (Å²) in [7, 11) is 0. The first-order valence-corrected chi connectivity index (χ1v) is 8.89. The predicted molar refractivity (Wildman–Crippen MR) is 98.4 cm³/mol. The zero-order chi connectivity index (χ0) is 18.8. The number of urea groups is 1. The highest BCUT2D eigenvalue weighted by atomic mass is 16.2. The van der Waals surface area contributed by atoms with E-state index in [4.69, 9.17) is 0 Å². The molecule has 3 amide bonds. The van der Waals surface area contributed by atoms with Gasteiger partial charge in [-0.25, -0.2) is 4.79 Å². The van der Waals surface area contributed by atoms with Gasteiger partial charge in [0.1, 0.15) is 5.54 Å². The lowest BCUT2D eigenvalue weighted by atomic mass is 9.96. The number of aromatic nitrogens is 2. The Balaban J connectivity index is 1.86. The Kier molecular flexibility index (Phi) is 5.44. The first kappa shape index (κ1) is 19.3. The lowest BCUT2D eigenvalue weighted by Crippen LogP contribution is -2.56. The maximum Gasteiger partial charge on any atom is 0.320 e. The summed E-state index contributed by atoms with van der Waals surface area (Å²) in [4.78, 5) is 24.5. The van der Waals surface area contributed by atoms with Crippen molar-refractivity contribution in [1.29, 1.82) is 0 Å². The molecule has 140 valence electrons. The van der Waals surface area contributed by atoms with Crippen LogP contribution in [-0.4, -0.2) is 33.8 Å². The van der Waals surface area contributed by atoms with Crippen LogP contribution in [0.2, 0.25) is 0 Å². The van der Waals surface area contributed by atoms with Crippen LogP contribution in [0.25, 0.3) is 0 Å². The molecule has 0 saturated heterocycles. The quantitative estimate of drug-likeness (QED) is 0.738. The molecule has 1 fully saturated rings. The molecule has 1 aliphatic rings. The Hall–Kier alpha value is -2.05. The number of carbonyl (C=O) groups excluding carboxylic acids is 2. The molecular weight excluding hydrogens is 318 g/mol. The van der Waals surface area contributed by atoms with Crippen LogP contribution in [0, 0.1) is 11.3 Å². The molecule has 1 aliphatic carbocycles. The lowest BCUT2D eigenvalue weighted by Gasteiger charge is -2.27. The van der Waals surface area contributed by atoms with Crippen molar-refractivity contribution in [2.24, 2.45) is 11.3 Å². The summed E-state index contributed by atoms with van der Waals surface area (Å²) < 4.78 is 1.88. The van der Waals surface area contributed by atoms with Crippen molar-refractivity contribution in [3.8, 4) is 0 Å². The van der Waals surface area contributed by atoms with E-state index in [0.717, 1.165) is 0 Å². The third-order valence-corrected chi connectivity index (χ3v) is 4.35. The zero-order valence-electron chi connectivity index (χ0n) is 16.1. The van der Waals surface area contributed by atoms with E-state index in [2.05, 4.69) is 28.0 Å². The van der Waals surface area contributed by atoms with E-state index < -0.39 is 11.6 Å². The number of nitrogens with zero attached hydrogens (tertiary/aromatic N) is 2. The third-order valence-electron chi connectivity index (χ3n) is 4.35. The fourth-order valence-corrected chi connectivity index (χ4v) is 2.49. The van der Waals surface area contributed by atoms with Gasteiger partial charge in [-0.05, 0) is 44.9 Å².